The van der Waals surface area contributed by atoms with Gasteiger partial charge in [0.15, 0.2) is 0 Å². The maximum atomic E-state index is 5.94. The summed E-state index contributed by atoms with van der Waals surface area (Å²) < 4.78 is 7.40. The van der Waals surface area contributed by atoms with Crippen molar-refractivity contribution in [3.63, 3.8) is 0 Å². The molecule has 0 bridgehead atoms. The van der Waals surface area contributed by atoms with E-state index in [1.54, 1.807) is 6.20 Å². The molecule has 12 heavy (non-hydrogen) atoms. The molecule has 1 unspecified atom stereocenters. The molecule has 0 spiro atoms. The molecule has 1 atom stereocenters. The number of aromatic nitrogens is 2. The van der Waals surface area contributed by atoms with Crippen LogP contribution < -0.4 is 5.73 Å². The molecule has 1 aliphatic rings. The molecule has 0 aliphatic carbocycles. The maximum absolute atomic E-state index is 5.94. The summed E-state index contributed by atoms with van der Waals surface area (Å²) in [5, 5.41) is 4.15. The van der Waals surface area contributed by atoms with E-state index in [1.807, 2.05) is 24.6 Å². The van der Waals surface area contributed by atoms with Gasteiger partial charge in [0.05, 0.1) is 17.9 Å². The quantitative estimate of drug-likeness (QED) is 0.617. The van der Waals surface area contributed by atoms with E-state index >= 15 is 0 Å². The fraction of sp³-hybridized carbons (Fsp3) is 0.625. The first kappa shape index (κ1) is 7.76. The molecular formula is C8H13N3O. The largest absolute Gasteiger partial charge is 0.366 e. The van der Waals surface area contributed by atoms with Crippen LogP contribution >= 0.6 is 0 Å². The smallest absolute Gasteiger partial charge is 0.128 e. The van der Waals surface area contributed by atoms with Crippen molar-refractivity contribution >= 4 is 0 Å². The maximum Gasteiger partial charge on any atom is 0.128 e. The van der Waals surface area contributed by atoms with Crippen LogP contribution in [0, 0.1) is 0 Å². The van der Waals surface area contributed by atoms with Gasteiger partial charge in [0.25, 0.3) is 0 Å². The van der Waals surface area contributed by atoms with Gasteiger partial charge in [0.1, 0.15) is 6.17 Å². The summed E-state index contributed by atoms with van der Waals surface area (Å²) in [6.45, 7) is 4.55. The number of ether oxygens (including phenoxy) is 1. The monoisotopic (exact) mass is 167 g/mol. The Morgan fingerprint density at radius 1 is 1.75 bits per heavy atom. The average Bonchev–Trinajstić information content (AvgIpc) is 2.45. The molecule has 0 saturated heterocycles. The van der Waals surface area contributed by atoms with Crippen LogP contribution in [0.15, 0.2) is 12.3 Å². The van der Waals surface area contributed by atoms with Crippen LogP contribution in [0.5, 0.6) is 0 Å². The Kier molecular flexibility index (Phi) is 1.49. The van der Waals surface area contributed by atoms with Crippen LogP contribution in [-0.4, -0.2) is 15.4 Å². The summed E-state index contributed by atoms with van der Waals surface area (Å²) in [7, 11) is 0. The van der Waals surface area contributed by atoms with Gasteiger partial charge < -0.3 is 10.5 Å². The number of fused-ring (bicyclic) bond motifs is 1. The molecule has 2 N–H and O–H groups in total. The Balaban J connectivity index is 2.42. The second-order valence-electron chi connectivity index (χ2n) is 3.60. The Morgan fingerprint density at radius 3 is 3.25 bits per heavy atom. The van der Waals surface area contributed by atoms with Crippen LogP contribution in [0.4, 0.5) is 0 Å². The summed E-state index contributed by atoms with van der Waals surface area (Å²) >= 11 is 0. The molecule has 1 aromatic rings. The lowest BCUT2D eigenvalue weighted by Gasteiger charge is -2.36. The third-order valence-electron chi connectivity index (χ3n) is 2.32. The van der Waals surface area contributed by atoms with Gasteiger partial charge in [-0.15, -0.1) is 0 Å². The number of rotatable bonds is 0. The average molecular weight is 167 g/mol. The molecule has 0 radical (unpaired) electrons. The summed E-state index contributed by atoms with van der Waals surface area (Å²) in [4.78, 5) is 0. The Morgan fingerprint density at radius 2 is 2.50 bits per heavy atom. The predicted molar refractivity (Wildman–Crippen MR) is 44.3 cm³/mol. The van der Waals surface area contributed by atoms with Crippen LogP contribution in [0.25, 0.3) is 0 Å². The molecule has 1 aliphatic heterocycles. The van der Waals surface area contributed by atoms with Crippen molar-refractivity contribution in [3.05, 3.63) is 18.0 Å². The van der Waals surface area contributed by atoms with E-state index in [2.05, 4.69) is 5.10 Å². The van der Waals surface area contributed by atoms with Crippen LogP contribution in [0.2, 0.25) is 0 Å². The molecule has 2 rings (SSSR count). The molecule has 0 fully saturated rings. The Bertz CT molecular complexity index is 292. The molecule has 0 amide bonds. The fourth-order valence-electron chi connectivity index (χ4n) is 1.35. The lowest BCUT2D eigenvalue weighted by Crippen LogP contribution is -2.46. The number of hydrogen-bond acceptors (Lipinski definition) is 3. The van der Waals surface area contributed by atoms with Gasteiger partial charge in [0.2, 0.25) is 0 Å². The lowest BCUT2D eigenvalue weighted by atomic mass is 10.0. The zero-order valence-electron chi connectivity index (χ0n) is 7.32. The number of nitrogens with two attached hydrogens (primary N) is 1. The van der Waals surface area contributed by atoms with E-state index in [4.69, 9.17) is 10.5 Å². The van der Waals surface area contributed by atoms with Crippen LogP contribution in [-0.2, 0) is 11.3 Å². The van der Waals surface area contributed by atoms with Crippen molar-refractivity contribution < 1.29 is 4.74 Å². The van der Waals surface area contributed by atoms with E-state index in [0.717, 1.165) is 5.69 Å². The summed E-state index contributed by atoms with van der Waals surface area (Å²) in [6.07, 6.45) is 1.57. The van der Waals surface area contributed by atoms with Crippen molar-refractivity contribution in [2.45, 2.75) is 32.2 Å². The third kappa shape index (κ3) is 0.956. The number of hydrogen-bond donors (Lipinski definition) is 1. The van der Waals surface area contributed by atoms with Gasteiger partial charge in [-0.05, 0) is 19.9 Å². The van der Waals surface area contributed by atoms with E-state index in [9.17, 15) is 0 Å². The predicted octanol–water partition coefficient (Wildman–Crippen LogP) is 0.649. The Labute approximate surface area is 71.3 Å². The topological polar surface area (TPSA) is 53.1 Å². The summed E-state index contributed by atoms with van der Waals surface area (Å²) in [6, 6.07) is 1.93. The van der Waals surface area contributed by atoms with Gasteiger partial charge in [-0.25, -0.2) is 4.68 Å². The molecule has 2 heterocycles. The molecule has 4 nitrogen and oxygen atoms in total. The standard InChI is InChI=1S/C8H13N3O/c1-8(2)7(9)11-6(5-12-8)3-4-10-11/h3-4,7H,5,9H2,1-2H3. The minimum absolute atomic E-state index is 0.184. The first-order valence-electron chi connectivity index (χ1n) is 4.03. The van der Waals surface area contributed by atoms with Crippen molar-refractivity contribution in [3.8, 4) is 0 Å². The first-order chi connectivity index (χ1) is 5.61. The highest BCUT2D eigenvalue weighted by molar-refractivity contribution is 5.04. The first-order valence-corrected chi connectivity index (χ1v) is 4.03. The SMILES string of the molecule is CC1(C)OCc2ccnn2C1N. The summed E-state index contributed by atoms with van der Waals surface area (Å²) in [5.41, 5.74) is 6.67. The fourth-order valence-corrected chi connectivity index (χ4v) is 1.35. The van der Waals surface area contributed by atoms with Crippen LogP contribution in [0.3, 0.4) is 0 Å². The zero-order chi connectivity index (χ0) is 8.77. The van der Waals surface area contributed by atoms with Gasteiger partial charge in [-0.1, -0.05) is 0 Å². The normalized spacial score (nSPS) is 26.8. The highest BCUT2D eigenvalue weighted by Crippen LogP contribution is 2.28. The van der Waals surface area contributed by atoms with Gasteiger partial charge in [-0.3, -0.25) is 0 Å². The van der Waals surface area contributed by atoms with E-state index < -0.39 is 0 Å². The van der Waals surface area contributed by atoms with E-state index in [1.165, 1.54) is 0 Å². The van der Waals surface area contributed by atoms with Gasteiger partial charge in [0, 0.05) is 6.20 Å². The van der Waals surface area contributed by atoms with Crippen molar-refractivity contribution in [1.29, 1.82) is 0 Å². The van der Waals surface area contributed by atoms with Gasteiger partial charge >= 0.3 is 0 Å². The summed E-state index contributed by atoms with van der Waals surface area (Å²) in [5.74, 6) is 0. The van der Waals surface area contributed by atoms with Crippen molar-refractivity contribution in [2.24, 2.45) is 5.73 Å². The highest BCUT2D eigenvalue weighted by atomic mass is 16.5. The minimum atomic E-state index is -0.320. The van der Waals surface area contributed by atoms with E-state index in [0.29, 0.717) is 6.61 Å². The zero-order valence-corrected chi connectivity index (χ0v) is 7.32. The molecule has 0 saturated carbocycles. The highest BCUT2D eigenvalue weighted by Gasteiger charge is 2.34. The van der Waals surface area contributed by atoms with Gasteiger partial charge in [-0.2, -0.15) is 5.10 Å². The second kappa shape index (κ2) is 2.31. The third-order valence-corrected chi connectivity index (χ3v) is 2.32. The van der Waals surface area contributed by atoms with Crippen LogP contribution in [0.1, 0.15) is 25.7 Å². The van der Waals surface area contributed by atoms with Crippen molar-refractivity contribution in [1.82, 2.24) is 9.78 Å². The molecule has 0 aromatic carbocycles. The molecular weight excluding hydrogens is 154 g/mol. The molecule has 66 valence electrons. The Hall–Kier alpha value is -0.870. The van der Waals surface area contributed by atoms with E-state index in [-0.39, 0.29) is 11.8 Å². The molecule has 1 aromatic heterocycles. The lowest BCUT2D eigenvalue weighted by molar-refractivity contribution is -0.0921. The number of nitrogens with zero attached hydrogens (tertiary/aromatic N) is 2. The van der Waals surface area contributed by atoms with Crippen molar-refractivity contribution in [2.75, 3.05) is 0 Å². The minimum Gasteiger partial charge on any atom is -0.366 e. The molecule has 4 heteroatoms. The second-order valence-corrected chi connectivity index (χ2v) is 3.60.